The number of para-hydroxylation sites is 1. The van der Waals surface area contributed by atoms with Gasteiger partial charge in [-0.3, -0.25) is 0 Å². The number of fused-ring (bicyclic) bond motifs is 9. The Labute approximate surface area is 263 Å². The summed E-state index contributed by atoms with van der Waals surface area (Å²) in [5.74, 6) is 2.91. The molecule has 3 aliphatic heterocycles. The van der Waals surface area contributed by atoms with E-state index in [0.717, 1.165) is 23.0 Å². The molecule has 5 heteroatoms. The number of hydrogen-bond acceptors (Lipinski definition) is 1. The van der Waals surface area contributed by atoms with Gasteiger partial charge in [0.15, 0.2) is 11.1 Å². The molecule has 3 aromatic heterocycles. The number of benzene rings is 6. The van der Waals surface area contributed by atoms with Crippen molar-refractivity contribution in [1.29, 1.82) is 0 Å². The molecule has 212 valence electrons. The average molecular weight is 589 g/mol. The van der Waals surface area contributed by atoms with Crippen LogP contribution in [-0.4, -0.2) is 9.25 Å². The summed E-state index contributed by atoms with van der Waals surface area (Å²) in [5, 5.41) is 7.47. The number of pyridine rings is 1. The molecule has 3 aliphatic rings. The largest absolute Gasteiger partial charge is 0.456 e. The monoisotopic (exact) mass is 588 g/mol. The van der Waals surface area contributed by atoms with Gasteiger partial charge in [0.1, 0.15) is 28.3 Å². The molecule has 0 N–H and O–H groups in total. The Balaban J connectivity index is 1.29. The van der Waals surface area contributed by atoms with E-state index in [9.17, 15) is 0 Å². The van der Waals surface area contributed by atoms with Gasteiger partial charge >= 0.3 is 5.66 Å². The maximum atomic E-state index is 6.82. The van der Waals surface area contributed by atoms with Crippen molar-refractivity contribution >= 4 is 43.4 Å². The maximum absolute atomic E-state index is 6.82. The lowest BCUT2D eigenvalue weighted by Crippen LogP contribution is -2.76. The molecule has 0 fully saturated rings. The van der Waals surface area contributed by atoms with Crippen LogP contribution in [0.5, 0.6) is 11.5 Å². The van der Waals surface area contributed by atoms with Gasteiger partial charge in [-0.1, -0.05) is 77.5 Å². The van der Waals surface area contributed by atoms with Crippen LogP contribution in [0.4, 0.5) is 0 Å². The van der Waals surface area contributed by atoms with E-state index in [4.69, 9.17) is 4.74 Å². The third-order valence-corrected chi connectivity index (χ3v) is 10.5. The van der Waals surface area contributed by atoms with Gasteiger partial charge in [0.25, 0.3) is 5.82 Å². The molecule has 46 heavy (non-hydrogen) atoms. The number of aromatic nitrogens is 4. The zero-order chi connectivity index (χ0) is 29.7. The van der Waals surface area contributed by atoms with Gasteiger partial charge in [0, 0.05) is 22.4 Å². The lowest BCUT2D eigenvalue weighted by molar-refractivity contribution is -0.993. The van der Waals surface area contributed by atoms with Gasteiger partial charge in [0.2, 0.25) is 6.20 Å². The summed E-state index contributed by atoms with van der Waals surface area (Å²) in [7, 11) is 0. The summed E-state index contributed by atoms with van der Waals surface area (Å²) in [6.07, 6.45) is 6.93. The molecule has 0 saturated carbocycles. The van der Waals surface area contributed by atoms with Crippen LogP contribution in [0, 0.1) is 0 Å². The molecular formula is C41H24N4O+2. The summed E-state index contributed by atoms with van der Waals surface area (Å²) >= 11 is 0. The summed E-state index contributed by atoms with van der Waals surface area (Å²) in [6, 6.07) is 46.0. The third kappa shape index (κ3) is 2.44. The second-order valence-corrected chi connectivity index (χ2v) is 12.6. The van der Waals surface area contributed by atoms with Crippen molar-refractivity contribution < 1.29 is 14.0 Å². The second kappa shape index (κ2) is 7.71. The molecule has 12 rings (SSSR count). The first kappa shape index (κ1) is 23.2. The van der Waals surface area contributed by atoms with E-state index in [2.05, 4.69) is 164 Å². The highest BCUT2D eigenvalue weighted by atomic mass is 16.5. The van der Waals surface area contributed by atoms with Crippen LogP contribution >= 0.6 is 0 Å². The number of ether oxygens (including phenoxy) is 1. The van der Waals surface area contributed by atoms with Crippen molar-refractivity contribution in [2.75, 3.05) is 0 Å². The Morgan fingerprint density at radius 2 is 1.35 bits per heavy atom. The Hall–Kier alpha value is -6.20. The predicted octanol–water partition coefficient (Wildman–Crippen LogP) is 8.15. The SMILES string of the molecule is c1cc2c3c(c1)-n1cc(-c4c5ccccc5cc5ccccc45)c[n+]1C31c3c(ccc4c5ccccc5n(c34)-c3cccc[n+]31)O2. The van der Waals surface area contributed by atoms with Gasteiger partial charge in [0.05, 0.1) is 18.0 Å². The van der Waals surface area contributed by atoms with E-state index >= 15 is 0 Å². The van der Waals surface area contributed by atoms with Crippen LogP contribution in [0.1, 0.15) is 11.1 Å². The Bertz CT molecular complexity index is 2800. The lowest BCUT2D eigenvalue weighted by atomic mass is 9.84. The molecule has 1 unspecified atom stereocenters. The molecule has 6 aromatic carbocycles. The fourth-order valence-electron chi connectivity index (χ4n) is 8.87. The zero-order valence-electron chi connectivity index (χ0n) is 24.6. The minimum Gasteiger partial charge on any atom is -0.456 e. The van der Waals surface area contributed by atoms with Gasteiger partial charge in [-0.2, -0.15) is 9.13 Å². The summed E-state index contributed by atoms with van der Waals surface area (Å²) < 4.78 is 16.5. The topological polar surface area (TPSA) is 26.8 Å². The second-order valence-electron chi connectivity index (χ2n) is 12.6. The molecule has 0 bridgehead atoms. The fraction of sp³-hybridized carbons (Fsp3) is 0.0244. The van der Waals surface area contributed by atoms with Crippen LogP contribution in [0.15, 0.2) is 146 Å². The van der Waals surface area contributed by atoms with E-state index in [1.807, 2.05) is 0 Å². The van der Waals surface area contributed by atoms with E-state index in [0.29, 0.717) is 0 Å². The molecule has 9 aromatic rings. The zero-order valence-corrected chi connectivity index (χ0v) is 24.6. The van der Waals surface area contributed by atoms with Crippen molar-refractivity contribution in [2.45, 2.75) is 5.66 Å². The highest BCUT2D eigenvalue weighted by Crippen LogP contribution is 2.55. The van der Waals surface area contributed by atoms with Crippen LogP contribution in [0.25, 0.3) is 66.0 Å². The van der Waals surface area contributed by atoms with Crippen molar-refractivity contribution in [3.63, 3.8) is 0 Å². The van der Waals surface area contributed by atoms with Crippen molar-refractivity contribution in [3.05, 3.63) is 157 Å². The molecule has 0 aliphatic carbocycles. The fourth-order valence-corrected chi connectivity index (χ4v) is 8.87. The van der Waals surface area contributed by atoms with Crippen LogP contribution < -0.4 is 14.0 Å². The third-order valence-electron chi connectivity index (χ3n) is 10.5. The summed E-state index contributed by atoms with van der Waals surface area (Å²) in [5.41, 5.74) is 7.60. The highest BCUT2D eigenvalue weighted by molar-refractivity contribution is 6.13. The predicted molar refractivity (Wildman–Crippen MR) is 179 cm³/mol. The Morgan fingerprint density at radius 1 is 0.609 bits per heavy atom. The molecule has 0 radical (unpaired) electrons. The minimum absolute atomic E-state index is 0.696. The van der Waals surface area contributed by atoms with Crippen LogP contribution in [-0.2, 0) is 5.66 Å². The Kier molecular flexibility index (Phi) is 3.89. The van der Waals surface area contributed by atoms with E-state index in [-0.39, 0.29) is 0 Å². The van der Waals surface area contributed by atoms with Crippen LogP contribution in [0.3, 0.4) is 0 Å². The summed E-state index contributed by atoms with van der Waals surface area (Å²) in [4.78, 5) is 0. The standard InChI is InChI=1S/C41H24N4O/c1-3-12-28-25(10-1)22-26-11-2-4-13-29(26)37(28)27-23-43-33-16-9-17-34-38(33)41(44(43)24-27)39-35(46-34)20-19-31-30-14-5-6-15-32(30)45(40(31)39)36-18-7-8-21-42(36)41/h1-24H/q+2. The molecule has 5 nitrogen and oxygen atoms in total. The maximum Gasteiger partial charge on any atom is 0.397 e. The van der Waals surface area contributed by atoms with Crippen molar-refractivity contribution in [3.8, 4) is 34.1 Å². The number of rotatable bonds is 1. The highest BCUT2D eigenvalue weighted by Gasteiger charge is 2.68. The van der Waals surface area contributed by atoms with Gasteiger partial charge in [-0.05, 0) is 70.1 Å². The summed E-state index contributed by atoms with van der Waals surface area (Å²) in [6.45, 7) is 0. The smallest absolute Gasteiger partial charge is 0.397 e. The molecule has 6 heterocycles. The first-order valence-electron chi connectivity index (χ1n) is 15.8. The lowest BCUT2D eigenvalue weighted by Gasteiger charge is -2.32. The molecule has 1 spiro atoms. The number of hydrogen-bond donors (Lipinski definition) is 0. The van der Waals surface area contributed by atoms with Crippen LogP contribution in [0.2, 0.25) is 0 Å². The molecule has 1 atom stereocenters. The van der Waals surface area contributed by atoms with Crippen molar-refractivity contribution in [2.24, 2.45) is 0 Å². The number of nitrogens with zero attached hydrogens (tertiary/aromatic N) is 4. The first-order valence-corrected chi connectivity index (χ1v) is 15.8. The van der Waals surface area contributed by atoms with Crippen molar-refractivity contribution in [1.82, 2.24) is 9.25 Å². The van der Waals surface area contributed by atoms with Gasteiger partial charge in [-0.15, -0.1) is 4.68 Å². The molecular weight excluding hydrogens is 564 g/mol. The quantitative estimate of drug-likeness (QED) is 0.140. The van der Waals surface area contributed by atoms with Gasteiger partial charge < -0.3 is 4.74 Å². The average Bonchev–Trinajstić information content (AvgIpc) is 3.77. The van der Waals surface area contributed by atoms with E-state index in [1.165, 1.54) is 65.6 Å². The molecule has 0 amide bonds. The normalized spacial score (nSPS) is 16.5. The Morgan fingerprint density at radius 3 is 2.20 bits per heavy atom. The van der Waals surface area contributed by atoms with E-state index < -0.39 is 5.66 Å². The molecule has 0 saturated heterocycles. The minimum atomic E-state index is -0.696. The van der Waals surface area contributed by atoms with Gasteiger partial charge in [-0.25, -0.2) is 0 Å². The van der Waals surface area contributed by atoms with E-state index in [1.54, 1.807) is 0 Å². The first-order chi connectivity index (χ1) is 22.8.